The Morgan fingerprint density at radius 2 is 2.26 bits per heavy atom. The first-order chi connectivity index (χ1) is 9.06. The summed E-state index contributed by atoms with van der Waals surface area (Å²) in [5.74, 6) is -0.817. The van der Waals surface area contributed by atoms with Crippen molar-refractivity contribution in [1.82, 2.24) is 4.90 Å². The van der Waals surface area contributed by atoms with Crippen molar-refractivity contribution in [3.8, 4) is 0 Å². The summed E-state index contributed by atoms with van der Waals surface area (Å²) in [5, 5.41) is 10.1. The summed E-state index contributed by atoms with van der Waals surface area (Å²) >= 11 is 12.0. The molecule has 1 atom stereocenters. The maximum absolute atomic E-state index is 10.9. The van der Waals surface area contributed by atoms with Crippen LogP contribution in [0.2, 0.25) is 10.0 Å². The molecule has 0 aliphatic carbocycles. The summed E-state index contributed by atoms with van der Waals surface area (Å²) in [5.41, 5.74) is 0.948. The first-order valence-electron chi connectivity index (χ1n) is 6.04. The van der Waals surface area contributed by atoms with E-state index in [0.29, 0.717) is 36.3 Å². The van der Waals surface area contributed by atoms with E-state index in [1.807, 2.05) is 6.07 Å². The molecular formula is C13H15Cl2NO3. The molecular weight excluding hydrogens is 289 g/mol. The molecule has 0 bridgehead atoms. The highest BCUT2D eigenvalue weighted by Crippen LogP contribution is 2.24. The molecule has 0 saturated carbocycles. The Morgan fingerprint density at radius 3 is 2.95 bits per heavy atom. The molecule has 1 aliphatic heterocycles. The molecule has 104 valence electrons. The lowest BCUT2D eigenvalue weighted by atomic mass is 10.1. The molecule has 6 heteroatoms. The summed E-state index contributed by atoms with van der Waals surface area (Å²) in [6.07, 6.45) is 0.0746. The zero-order chi connectivity index (χ0) is 13.8. The second-order valence-electron chi connectivity index (χ2n) is 4.53. The summed E-state index contributed by atoms with van der Waals surface area (Å²) in [6, 6.07) is 5.25. The fraction of sp³-hybridized carbons (Fsp3) is 0.462. The summed E-state index contributed by atoms with van der Waals surface area (Å²) in [7, 11) is 0. The van der Waals surface area contributed by atoms with Crippen LogP contribution in [0.15, 0.2) is 18.2 Å². The van der Waals surface area contributed by atoms with E-state index in [2.05, 4.69) is 4.90 Å². The standard InChI is InChI=1S/C13H15Cl2NO3/c14-10-2-1-9(12(15)5-10)7-16-3-4-19-8-11(16)6-13(17)18/h1-2,5,11H,3-4,6-8H2,(H,17,18). The van der Waals surface area contributed by atoms with E-state index in [4.69, 9.17) is 33.0 Å². The van der Waals surface area contributed by atoms with Gasteiger partial charge < -0.3 is 9.84 Å². The maximum Gasteiger partial charge on any atom is 0.305 e. The topological polar surface area (TPSA) is 49.8 Å². The van der Waals surface area contributed by atoms with Crippen molar-refractivity contribution in [3.05, 3.63) is 33.8 Å². The van der Waals surface area contributed by atoms with Gasteiger partial charge in [0, 0.05) is 29.2 Å². The van der Waals surface area contributed by atoms with Crippen molar-refractivity contribution in [3.63, 3.8) is 0 Å². The lowest BCUT2D eigenvalue weighted by Gasteiger charge is -2.34. The lowest BCUT2D eigenvalue weighted by Crippen LogP contribution is -2.45. The predicted molar refractivity (Wildman–Crippen MR) is 73.7 cm³/mol. The highest BCUT2D eigenvalue weighted by atomic mass is 35.5. The van der Waals surface area contributed by atoms with Gasteiger partial charge in [0.15, 0.2) is 0 Å². The zero-order valence-corrected chi connectivity index (χ0v) is 11.8. The number of nitrogens with zero attached hydrogens (tertiary/aromatic N) is 1. The van der Waals surface area contributed by atoms with E-state index >= 15 is 0 Å². The number of morpholine rings is 1. The van der Waals surface area contributed by atoms with E-state index in [0.717, 1.165) is 5.56 Å². The third-order valence-corrected chi connectivity index (χ3v) is 3.74. The molecule has 1 saturated heterocycles. The Bertz CT molecular complexity index is 467. The molecule has 0 spiro atoms. The van der Waals surface area contributed by atoms with Gasteiger partial charge >= 0.3 is 5.97 Å². The second-order valence-corrected chi connectivity index (χ2v) is 5.38. The van der Waals surface area contributed by atoms with Crippen LogP contribution < -0.4 is 0 Å². The zero-order valence-electron chi connectivity index (χ0n) is 10.3. The molecule has 1 aromatic rings. The van der Waals surface area contributed by atoms with Crippen molar-refractivity contribution in [2.45, 2.75) is 19.0 Å². The Hall–Kier alpha value is -0.810. The van der Waals surface area contributed by atoms with Gasteiger partial charge in [0.2, 0.25) is 0 Å². The van der Waals surface area contributed by atoms with Crippen LogP contribution in [0.25, 0.3) is 0 Å². The van der Waals surface area contributed by atoms with Crippen LogP contribution in [0.3, 0.4) is 0 Å². The largest absolute Gasteiger partial charge is 0.481 e. The number of carboxylic acids is 1. The molecule has 1 unspecified atom stereocenters. The molecule has 2 rings (SSSR count). The van der Waals surface area contributed by atoms with Crippen molar-refractivity contribution < 1.29 is 14.6 Å². The van der Waals surface area contributed by atoms with Crippen molar-refractivity contribution in [1.29, 1.82) is 0 Å². The highest BCUT2D eigenvalue weighted by molar-refractivity contribution is 6.35. The first-order valence-corrected chi connectivity index (χ1v) is 6.79. The van der Waals surface area contributed by atoms with E-state index in [-0.39, 0.29) is 12.5 Å². The van der Waals surface area contributed by atoms with E-state index < -0.39 is 5.97 Å². The minimum absolute atomic E-state index is 0.0746. The van der Waals surface area contributed by atoms with E-state index in [9.17, 15) is 4.79 Å². The minimum atomic E-state index is -0.817. The van der Waals surface area contributed by atoms with Crippen LogP contribution in [-0.4, -0.2) is 41.8 Å². The number of hydrogen-bond acceptors (Lipinski definition) is 3. The Kier molecular flexibility index (Phi) is 5.05. The molecule has 0 amide bonds. The number of halogens is 2. The van der Waals surface area contributed by atoms with Crippen LogP contribution in [0.1, 0.15) is 12.0 Å². The number of ether oxygens (including phenoxy) is 1. The van der Waals surface area contributed by atoms with Gasteiger partial charge in [-0.3, -0.25) is 9.69 Å². The summed E-state index contributed by atoms with van der Waals surface area (Å²) in [4.78, 5) is 12.9. The van der Waals surface area contributed by atoms with Gasteiger partial charge in [-0.05, 0) is 17.7 Å². The van der Waals surface area contributed by atoms with Gasteiger partial charge in [-0.2, -0.15) is 0 Å². The quantitative estimate of drug-likeness (QED) is 0.929. The Balaban J connectivity index is 2.08. The first kappa shape index (κ1) is 14.6. The van der Waals surface area contributed by atoms with Gasteiger partial charge in [-0.25, -0.2) is 0 Å². The van der Waals surface area contributed by atoms with E-state index in [1.54, 1.807) is 12.1 Å². The van der Waals surface area contributed by atoms with Crippen molar-refractivity contribution >= 4 is 29.2 Å². The molecule has 1 N–H and O–H groups in total. The van der Waals surface area contributed by atoms with Crippen LogP contribution in [0, 0.1) is 0 Å². The molecule has 0 radical (unpaired) electrons. The summed E-state index contributed by atoms with van der Waals surface area (Å²) < 4.78 is 5.34. The molecule has 1 aliphatic rings. The monoisotopic (exact) mass is 303 g/mol. The third kappa shape index (κ3) is 4.08. The minimum Gasteiger partial charge on any atom is -0.481 e. The number of benzene rings is 1. The lowest BCUT2D eigenvalue weighted by molar-refractivity contribution is -0.140. The number of carboxylic acid groups (broad SMARTS) is 1. The number of aliphatic carboxylic acids is 1. The van der Waals surface area contributed by atoms with Gasteiger partial charge in [-0.15, -0.1) is 0 Å². The molecule has 19 heavy (non-hydrogen) atoms. The average Bonchev–Trinajstić information content (AvgIpc) is 2.34. The molecule has 1 heterocycles. The van der Waals surface area contributed by atoms with Crippen LogP contribution in [-0.2, 0) is 16.1 Å². The van der Waals surface area contributed by atoms with Crippen LogP contribution in [0.5, 0.6) is 0 Å². The fourth-order valence-corrected chi connectivity index (χ4v) is 2.62. The molecule has 1 aromatic carbocycles. The average molecular weight is 304 g/mol. The molecule has 0 aromatic heterocycles. The predicted octanol–water partition coefficient (Wildman–Crippen LogP) is 2.67. The van der Waals surface area contributed by atoms with Gasteiger partial charge in [0.25, 0.3) is 0 Å². The number of carbonyl (C=O) groups is 1. The SMILES string of the molecule is O=C(O)CC1COCCN1Cc1ccc(Cl)cc1Cl. The number of hydrogen-bond donors (Lipinski definition) is 1. The smallest absolute Gasteiger partial charge is 0.305 e. The third-order valence-electron chi connectivity index (χ3n) is 3.15. The highest BCUT2D eigenvalue weighted by Gasteiger charge is 2.25. The Morgan fingerprint density at radius 1 is 1.47 bits per heavy atom. The molecule has 1 fully saturated rings. The van der Waals surface area contributed by atoms with Crippen molar-refractivity contribution in [2.75, 3.05) is 19.8 Å². The van der Waals surface area contributed by atoms with Gasteiger partial charge in [-0.1, -0.05) is 29.3 Å². The normalized spacial score (nSPS) is 20.4. The van der Waals surface area contributed by atoms with Crippen LogP contribution in [0.4, 0.5) is 0 Å². The molecule has 4 nitrogen and oxygen atoms in total. The number of rotatable bonds is 4. The van der Waals surface area contributed by atoms with Gasteiger partial charge in [0.05, 0.1) is 19.6 Å². The second kappa shape index (κ2) is 6.57. The van der Waals surface area contributed by atoms with Crippen LogP contribution >= 0.6 is 23.2 Å². The van der Waals surface area contributed by atoms with E-state index in [1.165, 1.54) is 0 Å². The Labute approximate surface area is 121 Å². The maximum atomic E-state index is 10.9. The fourth-order valence-electron chi connectivity index (χ4n) is 2.16. The summed E-state index contributed by atoms with van der Waals surface area (Å²) in [6.45, 7) is 2.37. The van der Waals surface area contributed by atoms with Crippen molar-refractivity contribution in [2.24, 2.45) is 0 Å². The van der Waals surface area contributed by atoms with Gasteiger partial charge in [0.1, 0.15) is 0 Å².